The molecule has 0 aliphatic heterocycles. The molecule has 5 heteroatoms. The van der Waals surface area contributed by atoms with Crippen molar-refractivity contribution >= 4 is 30.3 Å². The van der Waals surface area contributed by atoms with Crippen molar-refractivity contribution in [3.8, 4) is 0 Å². The van der Waals surface area contributed by atoms with Gasteiger partial charge in [-0.1, -0.05) is 211 Å². The summed E-state index contributed by atoms with van der Waals surface area (Å²) in [5.41, 5.74) is 2.14. The SMILES string of the molecule is CCCCCCCCCCCCCCCCC.CCCCCCCCCC[Si](OCC)(OCC)OCC.FC1CCCc2c1ccc1c2ccc2ccccc21. The van der Waals surface area contributed by atoms with Gasteiger partial charge in [-0.2, -0.15) is 0 Å². The van der Waals surface area contributed by atoms with Crippen LogP contribution < -0.4 is 0 Å². The summed E-state index contributed by atoms with van der Waals surface area (Å²) >= 11 is 0. The summed E-state index contributed by atoms with van der Waals surface area (Å²) < 4.78 is 31.6. The first-order valence-electron chi connectivity index (χ1n) is 24.0. The number of fused-ring (bicyclic) bond motifs is 5. The molecule has 1 unspecified atom stereocenters. The van der Waals surface area contributed by atoms with Crippen molar-refractivity contribution in [3.63, 3.8) is 0 Å². The molecule has 0 fully saturated rings. The van der Waals surface area contributed by atoms with Gasteiger partial charge in [-0.25, -0.2) is 4.39 Å². The van der Waals surface area contributed by atoms with Crippen molar-refractivity contribution in [2.75, 3.05) is 19.8 Å². The Balaban J connectivity index is 0.000000291. The summed E-state index contributed by atoms with van der Waals surface area (Å²) in [5, 5.41) is 5.01. The fourth-order valence-corrected chi connectivity index (χ4v) is 11.0. The van der Waals surface area contributed by atoms with Crippen LogP contribution in [0.15, 0.2) is 48.5 Å². The lowest BCUT2D eigenvalue weighted by Gasteiger charge is -2.28. The van der Waals surface area contributed by atoms with Crippen molar-refractivity contribution in [1.29, 1.82) is 0 Å². The zero-order valence-electron chi connectivity index (χ0n) is 37.5. The molecule has 4 rings (SSSR count). The number of rotatable bonds is 29. The largest absolute Gasteiger partial charge is 0.500 e. The van der Waals surface area contributed by atoms with Crippen LogP contribution in [0.4, 0.5) is 4.39 Å². The number of halogens is 1. The molecular weight excluding hydrogens is 708 g/mol. The molecule has 0 N–H and O–H groups in total. The number of unbranched alkanes of at least 4 members (excludes halogenated alkanes) is 21. The van der Waals surface area contributed by atoms with Crippen molar-refractivity contribution in [2.45, 2.75) is 221 Å². The minimum Gasteiger partial charge on any atom is -0.374 e. The Bertz CT molecular complexity index is 1330. The Morgan fingerprint density at radius 3 is 1.38 bits per heavy atom. The number of alkyl halides is 1. The Morgan fingerprint density at radius 2 is 0.911 bits per heavy atom. The lowest BCUT2D eigenvalue weighted by Crippen LogP contribution is -2.45. The van der Waals surface area contributed by atoms with E-state index in [1.165, 1.54) is 175 Å². The van der Waals surface area contributed by atoms with Crippen LogP contribution >= 0.6 is 0 Å². The van der Waals surface area contributed by atoms with E-state index in [2.05, 4.69) is 63.2 Å². The average Bonchev–Trinajstić information content (AvgIpc) is 3.21. The first-order chi connectivity index (χ1) is 27.5. The van der Waals surface area contributed by atoms with E-state index in [0.29, 0.717) is 26.2 Å². The Labute approximate surface area is 347 Å². The van der Waals surface area contributed by atoms with Gasteiger partial charge in [0.15, 0.2) is 0 Å². The zero-order valence-corrected chi connectivity index (χ0v) is 38.5. The maximum absolute atomic E-state index is 14.0. The topological polar surface area (TPSA) is 27.7 Å². The van der Waals surface area contributed by atoms with Crippen LogP contribution in [0.3, 0.4) is 0 Å². The highest BCUT2D eigenvalue weighted by Gasteiger charge is 2.39. The molecule has 0 aromatic heterocycles. The zero-order chi connectivity index (χ0) is 40.5. The van der Waals surface area contributed by atoms with E-state index in [1.807, 2.05) is 26.8 Å². The van der Waals surface area contributed by atoms with Crippen LogP contribution in [0.2, 0.25) is 6.04 Å². The second-order valence-corrected chi connectivity index (χ2v) is 18.9. The van der Waals surface area contributed by atoms with Crippen LogP contribution in [0, 0.1) is 0 Å². The molecule has 56 heavy (non-hydrogen) atoms. The third-order valence-electron chi connectivity index (χ3n) is 11.4. The van der Waals surface area contributed by atoms with Gasteiger partial charge in [0.25, 0.3) is 0 Å². The molecule has 1 aliphatic carbocycles. The summed E-state index contributed by atoms with van der Waals surface area (Å²) in [4.78, 5) is 0. The summed E-state index contributed by atoms with van der Waals surface area (Å²) in [7, 11) is -2.38. The van der Waals surface area contributed by atoms with E-state index in [0.717, 1.165) is 24.4 Å². The molecule has 0 amide bonds. The quantitative estimate of drug-likeness (QED) is 0.0398. The third-order valence-corrected chi connectivity index (χ3v) is 14.6. The van der Waals surface area contributed by atoms with Gasteiger partial charge in [0.1, 0.15) is 6.17 Å². The first kappa shape index (κ1) is 50.4. The molecule has 0 saturated carbocycles. The minimum absolute atomic E-state index is 0.673. The van der Waals surface area contributed by atoms with E-state index in [4.69, 9.17) is 13.3 Å². The molecule has 3 aromatic carbocycles. The average molecular weight is 795 g/mol. The molecule has 0 radical (unpaired) electrons. The normalized spacial score (nSPS) is 13.9. The van der Waals surface area contributed by atoms with E-state index in [-0.39, 0.29) is 0 Å². The van der Waals surface area contributed by atoms with Crippen molar-refractivity contribution < 1.29 is 17.7 Å². The second kappa shape index (κ2) is 33.1. The fraction of sp³-hybridized carbons (Fsp3) is 0.725. The molecule has 0 heterocycles. The maximum Gasteiger partial charge on any atom is 0.500 e. The lowest BCUT2D eigenvalue weighted by atomic mass is 9.85. The van der Waals surface area contributed by atoms with Gasteiger partial charge in [-0.05, 0) is 79.1 Å². The van der Waals surface area contributed by atoms with E-state index >= 15 is 0 Å². The van der Waals surface area contributed by atoms with Gasteiger partial charge < -0.3 is 13.3 Å². The predicted molar refractivity (Wildman–Crippen MR) is 247 cm³/mol. The fourth-order valence-electron chi connectivity index (χ4n) is 8.27. The van der Waals surface area contributed by atoms with Gasteiger partial charge in [0, 0.05) is 25.9 Å². The smallest absolute Gasteiger partial charge is 0.374 e. The molecular formula is C51H87FO3Si. The summed E-state index contributed by atoms with van der Waals surface area (Å²) in [6.45, 7) is 15.0. The van der Waals surface area contributed by atoms with E-state index in [1.54, 1.807) is 0 Å². The standard InChI is InChI=1S/C18H15F.C17H36.C16H36O3Si/c19-18-7-3-6-14-16-9-8-12-4-1-2-5-13(12)15(16)10-11-17(14)18;1-3-5-7-9-11-13-15-17-16-14-12-10-8-6-4-2;1-5-9-10-11-12-13-14-15-16-20(17-6-2,18-7-3)19-8-4/h1-2,4-5,8-11,18H,3,6-7H2;3-17H2,1-2H3;5-16H2,1-4H3. The van der Waals surface area contributed by atoms with Crippen molar-refractivity contribution in [1.82, 2.24) is 0 Å². The number of aryl methyl sites for hydroxylation is 1. The van der Waals surface area contributed by atoms with E-state index in [9.17, 15) is 4.39 Å². The second-order valence-electron chi connectivity index (χ2n) is 16.2. The van der Waals surface area contributed by atoms with E-state index < -0.39 is 15.0 Å². The Kier molecular flexibility index (Phi) is 29.7. The first-order valence-corrected chi connectivity index (χ1v) is 25.9. The monoisotopic (exact) mass is 795 g/mol. The van der Waals surface area contributed by atoms with Crippen LogP contribution in [0.1, 0.15) is 219 Å². The molecule has 1 aliphatic rings. The summed E-state index contributed by atoms with van der Waals surface area (Å²) in [6.07, 6.45) is 34.4. The highest BCUT2D eigenvalue weighted by atomic mass is 28.4. The Hall–Kier alpha value is -1.79. The lowest BCUT2D eigenvalue weighted by molar-refractivity contribution is 0.0706. The van der Waals surface area contributed by atoms with Crippen LogP contribution in [-0.2, 0) is 19.7 Å². The third kappa shape index (κ3) is 20.3. The number of hydrogen-bond donors (Lipinski definition) is 0. The summed E-state index contributed by atoms with van der Waals surface area (Å²) in [6, 6.07) is 17.8. The van der Waals surface area contributed by atoms with Crippen molar-refractivity contribution in [2.24, 2.45) is 0 Å². The number of hydrogen-bond acceptors (Lipinski definition) is 3. The maximum atomic E-state index is 14.0. The van der Waals surface area contributed by atoms with Crippen molar-refractivity contribution in [3.05, 3.63) is 59.7 Å². The molecule has 0 bridgehead atoms. The van der Waals surface area contributed by atoms with Gasteiger partial charge in [0.2, 0.25) is 0 Å². The highest BCUT2D eigenvalue weighted by molar-refractivity contribution is 6.60. The van der Waals surface area contributed by atoms with Crippen LogP contribution in [0.5, 0.6) is 0 Å². The molecule has 0 spiro atoms. The molecule has 320 valence electrons. The predicted octanol–water partition coefficient (Wildman–Crippen LogP) is 17.4. The summed E-state index contributed by atoms with van der Waals surface area (Å²) in [5.74, 6) is 0. The number of benzene rings is 3. The Morgan fingerprint density at radius 1 is 0.482 bits per heavy atom. The molecule has 1 atom stereocenters. The van der Waals surface area contributed by atoms with Crippen LogP contribution in [-0.4, -0.2) is 28.6 Å². The molecule has 3 aromatic rings. The molecule has 3 nitrogen and oxygen atoms in total. The van der Waals surface area contributed by atoms with Gasteiger partial charge in [-0.15, -0.1) is 0 Å². The van der Waals surface area contributed by atoms with Gasteiger partial charge >= 0.3 is 8.80 Å². The highest BCUT2D eigenvalue weighted by Crippen LogP contribution is 2.38. The minimum atomic E-state index is -2.38. The molecule has 0 saturated heterocycles. The van der Waals surface area contributed by atoms with Crippen LogP contribution in [0.25, 0.3) is 21.5 Å². The van der Waals surface area contributed by atoms with Gasteiger partial charge in [0.05, 0.1) is 0 Å². The van der Waals surface area contributed by atoms with Gasteiger partial charge in [-0.3, -0.25) is 0 Å².